The molecule has 0 spiro atoms. The average molecular weight is 236 g/mol. The molecular formula is C16H28O. The van der Waals surface area contributed by atoms with Gasteiger partial charge in [0.05, 0.1) is 6.10 Å². The lowest BCUT2D eigenvalue weighted by Gasteiger charge is -2.49. The lowest BCUT2D eigenvalue weighted by Crippen LogP contribution is -2.40. The van der Waals surface area contributed by atoms with E-state index in [0.29, 0.717) is 12.3 Å². The molecule has 17 heavy (non-hydrogen) atoms. The van der Waals surface area contributed by atoms with Gasteiger partial charge in [-0.05, 0) is 43.4 Å². The van der Waals surface area contributed by atoms with Crippen molar-refractivity contribution < 1.29 is 5.11 Å². The van der Waals surface area contributed by atoms with Gasteiger partial charge in [0.15, 0.2) is 0 Å². The molecule has 98 valence electrons. The molecule has 0 aromatic carbocycles. The van der Waals surface area contributed by atoms with Gasteiger partial charge in [-0.1, -0.05) is 51.5 Å². The van der Waals surface area contributed by atoms with Gasteiger partial charge in [-0.15, -0.1) is 0 Å². The maximum absolute atomic E-state index is 9.57. The van der Waals surface area contributed by atoms with Crippen molar-refractivity contribution in [1.82, 2.24) is 0 Å². The first kappa shape index (κ1) is 14.5. The van der Waals surface area contributed by atoms with Gasteiger partial charge in [0.2, 0.25) is 0 Å². The molecule has 1 N–H and O–H groups in total. The standard InChI is InChI=1S/C16H28O/c1-11-9-15(4,5)14(16(6,7)10-11)12(2)8-13(3)17/h9,13-14,17H,2,8,10H2,1,3-7H3. The summed E-state index contributed by atoms with van der Waals surface area (Å²) in [6.07, 6.45) is 3.93. The van der Waals surface area contributed by atoms with Crippen LogP contribution in [0.4, 0.5) is 0 Å². The SMILES string of the molecule is C=C(CC(C)O)C1C(C)(C)C=C(C)CC1(C)C. The van der Waals surface area contributed by atoms with Crippen molar-refractivity contribution in [3.63, 3.8) is 0 Å². The quantitative estimate of drug-likeness (QED) is 0.723. The molecule has 0 saturated heterocycles. The molecule has 2 unspecified atom stereocenters. The van der Waals surface area contributed by atoms with Crippen molar-refractivity contribution in [2.45, 2.75) is 60.5 Å². The highest BCUT2D eigenvalue weighted by Gasteiger charge is 2.44. The van der Waals surface area contributed by atoms with Crippen LogP contribution in [0.3, 0.4) is 0 Å². The van der Waals surface area contributed by atoms with E-state index in [1.54, 1.807) is 0 Å². The Hall–Kier alpha value is -0.560. The zero-order valence-electron chi connectivity index (χ0n) is 12.3. The lowest BCUT2D eigenvalue weighted by molar-refractivity contribution is 0.109. The van der Waals surface area contributed by atoms with Crippen LogP contribution in [0.25, 0.3) is 0 Å². The highest BCUT2D eigenvalue weighted by Crippen LogP contribution is 2.53. The van der Waals surface area contributed by atoms with Crippen LogP contribution in [0, 0.1) is 16.7 Å². The monoisotopic (exact) mass is 236 g/mol. The first-order valence-corrected chi connectivity index (χ1v) is 6.60. The summed E-state index contributed by atoms with van der Waals surface area (Å²) >= 11 is 0. The van der Waals surface area contributed by atoms with E-state index in [0.717, 1.165) is 6.42 Å². The second-order valence-electron chi connectivity index (χ2n) is 7.12. The number of aliphatic hydroxyl groups excluding tert-OH is 1. The third-order valence-corrected chi connectivity index (χ3v) is 3.84. The number of hydrogen-bond acceptors (Lipinski definition) is 1. The van der Waals surface area contributed by atoms with Crippen LogP contribution < -0.4 is 0 Å². The number of rotatable bonds is 3. The molecule has 0 amide bonds. The Kier molecular flexibility index (Phi) is 3.93. The fraction of sp³-hybridized carbons (Fsp3) is 0.750. The van der Waals surface area contributed by atoms with Crippen molar-refractivity contribution >= 4 is 0 Å². The predicted octanol–water partition coefficient (Wildman–Crippen LogP) is 4.33. The number of allylic oxidation sites excluding steroid dienone is 2. The Bertz CT molecular complexity index is 331. The zero-order valence-corrected chi connectivity index (χ0v) is 12.3. The molecule has 2 atom stereocenters. The highest BCUT2D eigenvalue weighted by atomic mass is 16.3. The average Bonchev–Trinajstić information content (AvgIpc) is 1.93. The largest absolute Gasteiger partial charge is 0.393 e. The van der Waals surface area contributed by atoms with Gasteiger partial charge < -0.3 is 5.11 Å². The van der Waals surface area contributed by atoms with Crippen LogP contribution in [0.2, 0.25) is 0 Å². The molecule has 0 saturated carbocycles. The second kappa shape index (κ2) is 4.61. The highest BCUT2D eigenvalue weighted by molar-refractivity contribution is 5.24. The molecule has 1 aliphatic rings. The Morgan fingerprint density at radius 3 is 2.41 bits per heavy atom. The summed E-state index contributed by atoms with van der Waals surface area (Å²) in [4.78, 5) is 0. The Labute approximate surface area is 107 Å². The Balaban J connectivity index is 3.06. The molecular weight excluding hydrogens is 208 g/mol. The minimum Gasteiger partial charge on any atom is -0.393 e. The lowest BCUT2D eigenvalue weighted by atomic mass is 9.56. The smallest absolute Gasteiger partial charge is 0.0549 e. The first-order chi connectivity index (χ1) is 7.56. The summed E-state index contributed by atoms with van der Waals surface area (Å²) in [7, 11) is 0. The summed E-state index contributed by atoms with van der Waals surface area (Å²) in [5, 5.41) is 9.57. The van der Waals surface area contributed by atoms with Crippen LogP contribution in [0.15, 0.2) is 23.8 Å². The fourth-order valence-corrected chi connectivity index (χ4v) is 4.17. The van der Waals surface area contributed by atoms with E-state index in [1.165, 1.54) is 11.1 Å². The van der Waals surface area contributed by atoms with E-state index in [1.807, 2.05) is 6.92 Å². The normalized spacial score (nSPS) is 28.4. The van der Waals surface area contributed by atoms with Crippen LogP contribution in [-0.2, 0) is 0 Å². The van der Waals surface area contributed by atoms with E-state index in [-0.39, 0.29) is 16.9 Å². The molecule has 1 aliphatic carbocycles. The topological polar surface area (TPSA) is 20.2 Å². The van der Waals surface area contributed by atoms with Crippen LogP contribution in [0.5, 0.6) is 0 Å². The van der Waals surface area contributed by atoms with Crippen LogP contribution in [0.1, 0.15) is 54.4 Å². The van der Waals surface area contributed by atoms with E-state index < -0.39 is 0 Å². The van der Waals surface area contributed by atoms with Crippen molar-refractivity contribution in [1.29, 1.82) is 0 Å². The van der Waals surface area contributed by atoms with E-state index in [2.05, 4.69) is 47.3 Å². The minimum atomic E-state index is -0.291. The van der Waals surface area contributed by atoms with E-state index >= 15 is 0 Å². The molecule has 0 radical (unpaired) electrons. The van der Waals surface area contributed by atoms with Gasteiger partial charge in [0.1, 0.15) is 0 Å². The molecule has 0 fully saturated rings. The van der Waals surface area contributed by atoms with Crippen molar-refractivity contribution in [3.05, 3.63) is 23.8 Å². The maximum Gasteiger partial charge on any atom is 0.0549 e. The van der Waals surface area contributed by atoms with Gasteiger partial charge in [0, 0.05) is 0 Å². The number of aliphatic hydroxyl groups is 1. The van der Waals surface area contributed by atoms with Crippen molar-refractivity contribution in [2.75, 3.05) is 0 Å². The van der Waals surface area contributed by atoms with Crippen molar-refractivity contribution in [3.8, 4) is 0 Å². The predicted molar refractivity (Wildman–Crippen MR) is 74.9 cm³/mol. The third kappa shape index (κ3) is 3.22. The van der Waals surface area contributed by atoms with E-state index in [4.69, 9.17) is 0 Å². The van der Waals surface area contributed by atoms with Gasteiger partial charge in [-0.2, -0.15) is 0 Å². The summed E-state index contributed by atoms with van der Waals surface area (Å²) in [6, 6.07) is 0. The first-order valence-electron chi connectivity index (χ1n) is 6.60. The molecule has 0 heterocycles. The molecule has 1 heteroatoms. The Morgan fingerprint density at radius 2 is 2.00 bits per heavy atom. The van der Waals surface area contributed by atoms with Gasteiger partial charge in [-0.3, -0.25) is 0 Å². The summed E-state index contributed by atoms with van der Waals surface area (Å²) in [5.74, 6) is 0.438. The van der Waals surface area contributed by atoms with E-state index in [9.17, 15) is 5.11 Å². The number of hydrogen-bond donors (Lipinski definition) is 1. The second-order valence-corrected chi connectivity index (χ2v) is 7.12. The molecule has 1 rings (SSSR count). The summed E-state index contributed by atoms with van der Waals surface area (Å²) in [5.41, 5.74) is 3.03. The minimum absolute atomic E-state index is 0.137. The Morgan fingerprint density at radius 1 is 1.47 bits per heavy atom. The van der Waals surface area contributed by atoms with Crippen molar-refractivity contribution in [2.24, 2.45) is 16.7 Å². The summed E-state index contributed by atoms with van der Waals surface area (Å²) < 4.78 is 0. The maximum atomic E-state index is 9.57. The molecule has 0 aromatic rings. The molecule has 0 aliphatic heterocycles. The third-order valence-electron chi connectivity index (χ3n) is 3.84. The van der Waals surface area contributed by atoms with Gasteiger partial charge in [0.25, 0.3) is 0 Å². The van der Waals surface area contributed by atoms with Gasteiger partial charge >= 0.3 is 0 Å². The molecule has 1 nitrogen and oxygen atoms in total. The fourth-order valence-electron chi connectivity index (χ4n) is 4.17. The zero-order chi connectivity index (χ0) is 13.4. The summed E-state index contributed by atoms with van der Waals surface area (Å²) in [6.45, 7) is 17.5. The van der Waals surface area contributed by atoms with Crippen LogP contribution in [-0.4, -0.2) is 11.2 Å². The van der Waals surface area contributed by atoms with Crippen LogP contribution >= 0.6 is 0 Å². The molecule has 0 bridgehead atoms. The molecule has 0 aromatic heterocycles. The van der Waals surface area contributed by atoms with Gasteiger partial charge in [-0.25, -0.2) is 0 Å².